The minimum Gasteiger partial charge on any atom is -0.358 e. The average molecular weight is 388 g/mol. The van der Waals surface area contributed by atoms with Crippen molar-refractivity contribution < 1.29 is 53.8 Å². The van der Waals surface area contributed by atoms with Gasteiger partial charge in [-0.05, 0) is 0 Å². The van der Waals surface area contributed by atoms with Gasteiger partial charge in [-0.1, -0.05) is 13.8 Å². The molecule has 0 fully saturated rings. The van der Waals surface area contributed by atoms with E-state index in [-0.39, 0.29) is 61.2 Å². The van der Waals surface area contributed by atoms with Crippen molar-refractivity contribution in [2.75, 3.05) is 0 Å². The first-order valence-electron chi connectivity index (χ1n) is 2.72. The van der Waals surface area contributed by atoms with Gasteiger partial charge in [-0.3, -0.25) is 0 Å². The van der Waals surface area contributed by atoms with Crippen molar-refractivity contribution >= 4 is 0 Å². The number of rotatable bonds is 0. The molecular formula is C8H19WY-. The van der Waals surface area contributed by atoms with Crippen molar-refractivity contribution in [1.29, 1.82) is 0 Å². The zero-order valence-corrected chi connectivity index (χ0v) is 13.6. The van der Waals surface area contributed by atoms with Crippen molar-refractivity contribution in [2.24, 2.45) is 5.92 Å². The molecule has 0 aliphatic heterocycles. The second-order valence-electron chi connectivity index (χ2n) is 1.97. The van der Waals surface area contributed by atoms with Crippen LogP contribution >= 0.6 is 0 Å². The predicted octanol–water partition coefficient (Wildman–Crippen LogP) is 3.15. The Morgan fingerprint density at radius 2 is 1.20 bits per heavy atom. The Labute approximate surface area is 107 Å². The molecule has 0 rings (SSSR count). The van der Waals surface area contributed by atoms with Crippen molar-refractivity contribution in [3.63, 3.8) is 0 Å². The maximum Gasteiger partial charge on any atom is 2.00 e. The van der Waals surface area contributed by atoms with E-state index in [1.54, 1.807) is 0 Å². The molecule has 0 unspecified atom stereocenters. The maximum absolute atomic E-state index is 3.64. The Kier molecular flexibility index (Phi) is 91.8. The first kappa shape index (κ1) is 29.8. The summed E-state index contributed by atoms with van der Waals surface area (Å²) < 4.78 is 0. The monoisotopic (exact) mass is 388 g/mol. The molecule has 0 aromatic rings. The fraction of sp³-hybridized carbons (Fsp3) is 0.625. The molecule has 0 atom stereocenters. The third kappa shape index (κ3) is 236. The van der Waals surface area contributed by atoms with Gasteiger partial charge in [0.05, 0.1) is 0 Å². The summed E-state index contributed by atoms with van der Waals surface area (Å²) in [7, 11) is 0. The smallest absolute Gasteiger partial charge is 0.358 e. The van der Waals surface area contributed by atoms with Crippen molar-refractivity contribution in [1.82, 2.24) is 0 Å². The number of hydrogen-bond donors (Lipinski definition) is 0. The summed E-state index contributed by atoms with van der Waals surface area (Å²) in [5, 5.41) is 0. The Morgan fingerprint density at radius 1 is 1.20 bits per heavy atom. The van der Waals surface area contributed by atoms with Gasteiger partial charge in [0.2, 0.25) is 0 Å². The van der Waals surface area contributed by atoms with E-state index in [2.05, 4.69) is 20.8 Å². The molecule has 0 spiro atoms. The van der Waals surface area contributed by atoms with Crippen LogP contribution in [0.15, 0.2) is 0 Å². The van der Waals surface area contributed by atoms with E-state index in [1.807, 2.05) is 20.3 Å². The third-order valence-electron chi connectivity index (χ3n) is 0. The molecule has 0 amide bonds. The Bertz CT molecular complexity index is 20.5. The fourth-order valence-corrected chi connectivity index (χ4v) is 0. The fourth-order valence-electron chi connectivity index (χ4n) is 0. The van der Waals surface area contributed by atoms with Gasteiger partial charge in [0.1, 0.15) is 0 Å². The molecule has 0 nitrogen and oxygen atoms in total. The molecule has 0 aliphatic rings. The molecule has 61 valence electrons. The summed E-state index contributed by atoms with van der Waals surface area (Å²) in [6, 6.07) is 0. The molecule has 0 N–H and O–H groups in total. The molecule has 0 bridgehead atoms. The molecule has 0 saturated heterocycles. The molecule has 0 saturated carbocycles. The van der Waals surface area contributed by atoms with Crippen LogP contribution in [0.25, 0.3) is 0 Å². The molecule has 0 heterocycles. The molecular weight excluding hydrogens is 369 g/mol. The second kappa shape index (κ2) is 30.8. The largest absolute Gasteiger partial charge is 2.00 e. The van der Waals surface area contributed by atoms with Gasteiger partial charge in [-0.2, -0.15) is 19.8 Å². The summed E-state index contributed by atoms with van der Waals surface area (Å²) >= 11 is 0. The molecule has 0 aliphatic carbocycles. The zero-order valence-electron chi connectivity index (χ0n) is 7.85. The topological polar surface area (TPSA) is 0 Å². The third-order valence-corrected chi connectivity index (χ3v) is 0. The van der Waals surface area contributed by atoms with Crippen molar-refractivity contribution in [3.8, 4) is 0 Å². The Morgan fingerprint density at radius 3 is 1.20 bits per heavy atom. The minimum absolute atomic E-state index is 0. The summed E-state index contributed by atoms with van der Waals surface area (Å²) in [4.78, 5) is 0. The van der Waals surface area contributed by atoms with Gasteiger partial charge >= 0.3 is 21.1 Å². The first-order chi connectivity index (χ1) is 3.15. The van der Waals surface area contributed by atoms with Crippen LogP contribution in [-0.2, 0) is 53.8 Å². The second-order valence-corrected chi connectivity index (χ2v) is 1.97. The maximum atomic E-state index is 3.64. The van der Waals surface area contributed by atoms with E-state index >= 15 is 0 Å². The Hall–Kier alpha value is 1.79. The van der Waals surface area contributed by atoms with Gasteiger partial charge < -0.3 is 20.8 Å². The van der Waals surface area contributed by atoms with Crippen LogP contribution in [-0.4, -0.2) is 0 Å². The van der Waals surface area contributed by atoms with Crippen molar-refractivity contribution in [2.45, 2.75) is 27.7 Å². The van der Waals surface area contributed by atoms with E-state index in [9.17, 15) is 0 Å². The molecule has 0 aromatic heterocycles. The quantitative estimate of drug-likeness (QED) is 0.560. The van der Waals surface area contributed by atoms with Gasteiger partial charge in [0.25, 0.3) is 0 Å². The molecule has 2 heteroatoms. The van der Waals surface area contributed by atoms with Gasteiger partial charge in [-0.25, -0.2) is 0 Å². The normalized spacial score (nSPS) is 5.40. The average Bonchev–Trinajstić information content (AvgIpc) is 1.33. The Balaban J connectivity index is -0.0000000131. The van der Waals surface area contributed by atoms with Crippen molar-refractivity contribution in [3.05, 3.63) is 20.8 Å². The SMILES string of the molecule is C[CH-]C.[CH2-]C(C)C.[CH3-].[W+2].[Y]. The first-order valence-corrected chi connectivity index (χ1v) is 2.72. The van der Waals surface area contributed by atoms with E-state index in [1.165, 1.54) is 0 Å². The van der Waals surface area contributed by atoms with Crippen LogP contribution in [0, 0.1) is 26.7 Å². The minimum atomic E-state index is 0. The van der Waals surface area contributed by atoms with E-state index < -0.39 is 0 Å². The summed E-state index contributed by atoms with van der Waals surface area (Å²) in [5.41, 5.74) is 0. The summed E-state index contributed by atoms with van der Waals surface area (Å²) in [6.07, 6.45) is 2.00. The zero-order chi connectivity index (χ0) is 6.28. The van der Waals surface area contributed by atoms with Crippen LogP contribution in [0.3, 0.4) is 0 Å². The van der Waals surface area contributed by atoms with Crippen LogP contribution in [0.4, 0.5) is 0 Å². The van der Waals surface area contributed by atoms with Gasteiger partial charge in [-0.15, -0.1) is 0 Å². The van der Waals surface area contributed by atoms with E-state index in [0.717, 1.165) is 0 Å². The van der Waals surface area contributed by atoms with Gasteiger partial charge in [0, 0.05) is 32.7 Å². The standard InChI is InChI=1S/C4H9.C3H7.CH3.W.Y/c1-4(2)3;1-3-2;;;/h4H,1H2,2-3H3;3H,1-2H3;1H3;;/q3*-1;+2;. The van der Waals surface area contributed by atoms with Crippen LogP contribution < -0.4 is 0 Å². The van der Waals surface area contributed by atoms with Crippen LogP contribution in [0.5, 0.6) is 0 Å². The van der Waals surface area contributed by atoms with Crippen LogP contribution in [0.2, 0.25) is 0 Å². The van der Waals surface area contributed by atoms with E-state index in [4.69, 9.17) is 0 Å². The molecule has 1 radical (unpaired) electrons. The van der Waals surface area contributed by atoms with Gasteiger partial charge in [0.15, 0.2) is 0 Å². The predicted molar refractivity (Wildman–Crippen MR) is 42.3 cm³/mol. The molecule has 0 aromatic carbocycles. The molecule has 10 heavy (non-hydrogen) atoms. The summed E-state index contributed by atoms with van der Waals surface area (Å²) in [5.74, 6) is 0.583. The van der Waals surface area contributed by atoms with E-state index in [0.29, 0.717) is 5.92 Å². The number of hydrogen-bond acceptors (Lipinski definition) is 0. The summed E-state index contributed by atoms with van der Waals surface area (Å²) in [6.45, 7) is 11.8. The van der Waals surface area contributed by atoms with Crippen LogP contribution in [0.1, 0.15) is 27.7 Å².